The lowest BCUT2D eigenvalue weighted by atomic mass is 10.0. The molecule has 3 aromatic carbocycles. The number of rotatable bonds is 8. The summed E-state index contributed by atoms with van der Waals surface area (Å²) >= 11 is 0. The third kappa shape index (κ3) is 5.15. The summed E-state index contributed by atoms with van der Waals surface area (Å²) in [5, 5.41) is 0.688. The van der Waals surface area contributed by atoms with Gasteiger partial charge >= 0.3 is 11.6 Å². The van der Waals surface area contributed by atoms with E-state index in [1.807, 2.05) is 30.3 Å². The minimum atomic E-state index is -0.534. The van der Waals surface area contributed by atoms with E-state index in [4.69, 9.17) is 23.4 Å². The number of hydrogen-bond acceptors (Lipinski definition) is 7. The van der Waals surface area contributed by atoms with Crippen molar-refractivity contribution in [3.8, 4) is 28.4 Å². The van der Waals surface area contributed by atoms with Crippen LogP contribution in [0.5, 0.6) is 17.2 Å². The monoisotopic (exact) mass is 446 g/mol. The smallest absolute Gasteiger partial charge is 0.344 e. The van der Waals surface area contributed by atoms with Gasteiger partial charge in [0.25, 0.3) is 0 Å². The largest absolute Gasteiger partial charge is 0.497 e. The van der Waals surface area contributed by atoms with Gasteiger partial charge in [0.15, 0.2) is 6.61 Å². The predicted molar refractivity (Wildman–Crippen MR) is 123 cm³/mol. The normalized spacial score (nSPS) is 10.6. The molecule has 0 amide bonds. The average molecular weight is 446 g/mol. The van der Waals surface area contributed by atoms with Crippen molar-refractivity contribution in [3.05, 3.63) is 88.8 Å². The molecule has 0 bridgehead atoms. The Morgan fingerprint density at radius 2 is 1.64 bits per heavy atom. The van der Waals surface area contributed by atoms with E-state index in [0.717, 1.165) is 5.56 Å². The number of esters is 1. The van der Waals surface area contributed by atoms with E-state index >= 15 is 0 Å². The quantitative estimate of drug-likeness (QED) is 0.289. The number of ether oxygens (including phenoxy) is 4. The molecular weight excluding hydrogens is 424 g/mol. The SMILES string of the molecule is COc1ccc(OC)c(-c2cc3ccc(OCC(=O)OCc4ccccc4)cc3oc2=O)c1. The zero-order valence-electron chi connectivity index (χ0n) is 18.2. The van der Waals surface area contributed by atoms with Gasteiger partial charge in [-0.2, -0.15) is 0 Å². The van der Waals surface area contributed by atoms with E-state index in [1.54, 1.807) is 49.6 Å². The fourth-order valence-corrected chi connectivity index (χ4v) is 3.32. The predicted octanol–water partition coefficient (Wildman–Crippen LogP) is 4.60. The Morgan fingerprint density at radius 3 is 2.39 bits per heavy atom. The lowest BCUT2D eigenvalue weighted by Crippen LogP contribution is -2.14. The number of fused-ring (bicyclic) bond motifs is 1. The summed E-state index contributed by atoms with van der Waals surface area (Å²) in [4.78, 5) is 24.7. The van der Waals surface area contributed by atoms with Crippen LogP contribution in [0.25, 0.3) is 22.1 Å². The van der Waals surface area contributed by atoms with Crippen LogP contribution >= 0.6 is 0 Å². The molecule has 1 heterocycles. The van der Waals surface area contributed by atoms with Gasteiger partial charge in [-0.1, -0.05) is 30.3 Å². The van der Waals surface area contributed by atoms with Crippen molar-refractivity contribution >= 4 is 16.9 Å². The highest BCUT2D eigenvalue weighted by atomic mass is 16.6. The molecule has 168 valence electrons. The Bertz CT molecular complexity index is 1330. The highest BCUT2D eigenvalue weighted by Crippen LogP contribution is 2.33. The topological polar surface area (TPSA) is 84.2 Å². The first-order chi connectivity index (χ1) is 16.1. The molecule has 0 saturated carbocycles. The number of methoxy groups -OCH3 is 2. The van der Waals surface area contributed by atoms with Crippen molar-refractivity contribution in [1.82, 2.24) is 0 Å². The molecule has 0 atom stereocenters. The molecule has 0 aliphatic carbocycles. The van der Waals surface area contributed by atoms with Crippen molar-refractivity contribution in [2.24, 2.45) is 0 Å². The van der Waals surface area contributed by atoms with Crippen molar-refractivity contribution in [3.63, 3.8) is 0 Å². The van der Waals surface area contributed by atoms with E-state index in [-0.39, 0.29) is 13.2 Å². The minimum absolute atomic E-state index is 0.173. The van der Waals surface area contributed by atoms with Crippen molar-refractivity contribution in [1.29, 1.82) is 0 Å². The highest BCUT2D eigenvalue weighted by Gasteiger charge is 2.15. The van der Waals surface area contributed by atoms with Crippen LogP contribution in [0, 0.1) is 0 Å². The van der Waals surface area contributed by atoms with Crippen LogP contribution in [0.3, 0.4) is 0 Å². The van der Waals surface area contributed by atoms with Gasteiger partial charge in [-0.05, 0) is 42.0 Å². The molecule has 33 heavy (non-hydrogen) atoms. The highest BCUT2D eigenvalue weighted by molar-refractivity contribution is 5.84. The van der Waals surface area contributed by atoms with Gasteiger partial charge < -0.3 is 23.4 Å². The molecule has 7 heteroatoms. The van der Waals surface area contributed by atoms with Gasteiger partial charge in [0, 0.05) is 17.0 Å². The fourth-order valence-electron chi connectivity index (χ4n) is 3.32. The van der Waals surface area contributed by atoms with Crippen LogP contribution in [0.15, 0.2) is 82.0 Å². The summed E-state index contributed by atoms with van der Waals surface area (Å²) in [6, 6.07) is 21.3. The van der Waals surface area contributed by atoms with Crippen molar-refractivity contribution in [2.45, 2.75) is 6.61 Å². The molecule has 4 rings (SSSR count). The standard InChI is InChI=1S/C26H22O7/c1-29-19-10-11-23(30-2)21(13-19)22-12-18-8-9-20(14-24(18)33-26(22)28)31-16-25(27)32-15-17-6-4-3-5-7-17/h3-14H,15-16H2,1-2H3. The molecule has 0 spiro atoms. The van der Waals surface area contributed by atoms with Crippen LogP contribution in [0.2, 0.25) is 0 Å². The third-order valence-corrected chi connectivity index (χ3v) is 5.00. The lowest BCUT2D eigenvalue weighted by molar-refractivity contribution is -0.147. The Kier molecular flexibility index (Phi) is 6.59. The molecule has 0 unspecified atom stereocenters. The summed E-state index contributed by atoms with van der Waals surface area (Å²) in [5.74, 6) is 1.000. The van der Waals surface area contributed by atoms with Gasteiger partial charge in [0.2, 0.25) is 0 Å². The number of carbonyl (C=O) groups is 1. The molecule has 7 nitrogen and oxygen atoms in total. The zero-order valence-corrected chi connectivity index (χ0v) is 18.2. The van der Waals surface area contributed by atoms with E-state index in [9.17, 15) is 9.59 Å². The zero-order chi connectivity index (χ0) is 23.2. The van der Waals surface area contributed by atoms with Crippen LogP contribution in [-0.4, -0.2) is 26.8 Å². The van der Waals surface area contributed by atoms with E-state index in [0.29, 0.717) is 39.3 Å². The molecule has 0 N–H and O–H groups in total. The van der Waals surface area contributed by atoms with Crippen molar-refractivity contribution < 1.29 is 28.2 Å². The van der Waals surface area contributed by atoms with Gasteiger partial charge in [-0.3, -0.25) is 0 Å². The maximum Gasteiger partial charge on any atom is 0.344 e. The van der Waals surface area contributed by atoms with Gasteiger partial charge in [0.1, 0.15) is 29.4 Å². The summed E-state index contributed by atoms with van der Waals surface area (Å²) in [6.45, 7) is -0.0895. The summed E-state index contributed by atoms with van der Waals surface area (Å²) in [6.07, 6.45) is 0. The van der Waals surface area contributed by atoms with Gasteiger partial charge in [-0.15, -0.1) is 0 Å². The van der Waals surface area contributed by atoms with Gasteiger partial charge in [0.05, 0.1) is 19.8 Å². The fraction of sp³-hybridized carbons (Fsp3) is 0.154. The van der Waals surface area contributed by atoms with Crippen LogP contribution in [-0.2, 0) is 16.1 Å². The molecule has 4 aromatic rings. The maximum atomic E-state index is 12.7. The molecule has 0 aliphatic heterocycles. The molecule has 0 aliphatic rings. The summed E-state index contributed by atoms with van der Waals surface area (Å²) in [7, 11) is 3.08. The molecule has 1 aromatic heterocycles. The Labute approximate surface area is 190 Å². The number of carbonyl (C=O) groups excluding carboxylic acids is 1. The molecular formula is C26H22O7. The number of benzene rings is 3. The van der Waals surface area contributed by atoms with E-state index in [1.165, 1.54) is 7.11 Å². The first-order valence-corrected chi connectivity index (χ1v) is 10.2. The lowest BCUT2D eigenvalue weighted by Gasteiger charge is -2.11. The summed E-state index contributed by atoms with van der Waals surface area (Å²) < 4.78 is 26.9. The first-order valence-electron chi connectivity index (χ1n) is 10.2. The average Bonchev–Trinajstić information content (AvgIpc) is 2.85. The van der Waals surface area contributed by atoms with E-state index < -0.39 is 11.6 Å². The molecule has 0 fully saturated rings. The van der Waals surface area contributed by atoms with Gasteiger partial charge in [-0.25, -0.2) is 9.59 Å². The molecule has 0 saturated heterocycles. The minimum Gasteiger partial charge on any atom is -0.497 e. The third-order valence-electron chi connectivity index (χ3n) is 5.00. The molecule has 0 radical (unpaired) electrons. The second kappa shape index (κ2) is 9.91. The van der Waals surface area contributed by atoms with E-state index in [2.05, 4.69) is 0 Å². The van der Waals surface area contributed by atoms with Crippen LogP contribution < -0.4 is 19.8 Å². The Morgan fingerprint density at radius 1 is 0.848 bits per heavy atom. The van der Waals surface area contributed by atoms with Crippen molar-refractivity contribution in [2.75, 3.05) is 20.8 Å². The van der Waals surface area contributed by atoms with Crippen LogP contribution in [0.4, 0.5) is 0 Å². The Hall–Kier alpha value is -4.26. The Balaban J connectivity index is 1.50. The summed E-state index contributed by atoms with van der Waals surface area (Å²) in [5.41, 5.74) is 1.60. The van der Waals surface area contributed by atoms with Crippen LogP contribution in [0.1, 0.15) is 5.56 Å². The maximum absolute atomic E-state index is 12.7. The second-order valence-corrected chi connectivity index (χ2v) is 7.15. The number of hydrogen-bond donors (Lipinski definition) is 0. The second-order valence-electron chi connectivity index (χ2n) is 7.15. The first kappa shape index (κ1) is 22.0.